The predicted molar refractivity (Wildman–Crippen MR) is 156 cm³/mol. The Hall–Kier alpha value is -2.72. The van der Waals surface area contributed by atoms with E-state index >= 15 is 0 Å². The SMILES string of the molecule is C/C(=C1\CCC[C@@H]1P(c1ccccc1)c1ccccc1)N(C)P(c1ccccc1)c1ccccc1. The highest BCUT2D eigenvalue weighted by Gasteiger charge is 2.34. The molecule has 0 aromatic heterocycles. The summed E-state index contributed by atoms with van der Waals surface area (Å²) in [5.74, 6) is 0. The van der Waals surface area contributed by atoms with Gasteiger partial charge in [-0.05, 0) is 50.3 Å². The predicted octanol–water partition coefficient (Wildman–Crippen LogP) is 6.93. The second-order valence-electron chi connectivity index (χ2n) is 9.07. The van der Waals surface area contributed by atoms with E-state index in [9.17, 15) is 0 Å². The molecule has 4 aromatic rings. The molecule has 35 heavy (non-hydrogen) atoms. The van der Waals surface area contributed by atoms with Crippen LogP contribution >= 0.6 is 16.0 Å². The van der Waals surface area contributed by atoms with Gasteiger partial charge in [0.05, 0.1) is 8.07 Å². The van der Waals surface area contributed by atoms with Crippen molar-refractivity contribution >= 4 is 37.2 Å². The fourth-order valence-electron chi connectivity index (χ4n) is 5.21. The zero-order chi connectivity index (χ0) is 24.0. The Bertz CT molecular complexity index is 1160. The van der Waals surface area contributed by atoms with Crippen LogP contribution in [-0.2, 0) is 0 Å². The lowest BCUT2D eigenvalue weighted by atomic mass is 10.2. The van der Waals surface area contributed by atoms with Crippen LogP contribution < -0.4 is 21.2 Å². The standard InChI is InChI=1S/C32H33NP2/c1-26(33(2)35(29-20-11-5-12-21-29)30-22-13-6-14-23-30)31-24-15-25-32(31)34(27-16-7-3-8-17-27)28-18-9-4-10-19-28/h3-14,16-23,32H,15,24-25H2,1-2H3/b31-26-/t32-/m0/s1. The van der Waals surface area contributed by atoms with E-state index < -0.39 is 16.0 Å². The molecule has 1 atom stereocenters. The van der Waals surface area contributed by atoms with E-state index in [1.54, 1.807) is 5.57 Å². The van der Waals surface area contributed by atoms with Crippen LogP contribution in [0.15, 0.2) is 133 Å². The lowest BCUT2D eigenvalue weighted by Gasteiger charge is -2.35. The molecule has 3 heteroatoms. The minimum atomic E-state index is -0.632. The molecule has 1 nitrogen and oxygen atoms in total. The van der Waals surface area contributed by atoms with Gasteiger partial charge in [-0.2, -0.15) is 0 Å². The Morgan fingerprint density at radius 1 is 0.629 bits per heavy atom. The second kappa shape index (κ2) is 11.3. The highest BCUT2D eigenvalue weighted by molar-refractivity contribution is 7.74. The van der Waals surface area contributed by atoms with Gasteiger partial charge in [0.15, 0.2) is 0 Å². The van der Waals surface area contributed by atoms with Crippen LogP contribution in [0.5, 0.6) is 0 Å². The van der Waals surface area contributed by atoms with Crippen LogP contribution in [0.4, 0.5) is 0 Å². The zero-order valence-corrected chi connectivity index (χ0v) is 22.4. The van der Waals surface area contributed by atoms with E-state index in [2.05, 4.69) is 140 Å². The molecule has 5 rings (SSSR count). The third kappa shape index (κ3) is 5.28. The minimum Gasteiger partial charge on any atom is -0.350 e. The van der Waals surface area contributed by atoms with E-state index in [1.807, 2.05) is 0 Å². The highest BCUT2D eigenvalue weighted by Crippen LogP contribution is 2.52. The summed E-state index contributed by atoms with van der Waals surface area (Å²) >= 11 is 0. The first-order valence-corrected chi connectivity index (χ1v) is 15.2. The summed E-state index contributed by atoms with van der Waals surface area (Å²) in [5.41, 5.74) is 3.71. The highest BCUT2D eigenvalue weighted by atomic mass is 31.1. The summed E-state index contributed by atoms with van der Waals surface area (Å²) in [5, 5.41) is 5.78. The Morgan fingerprint density at radius 2 is 1.03 bits per heavy atom. The number of hydrogen-bond donors (Lipinski definition) is 0. The molecular formula is C32H33NP2. The first-order valence-electron chi connectivity index (χ1n) is 12.5. The van der Waals surface area contributed by atoms with Crippen LogP contribution in [0.1, 0.15) is 26.2 Å². The molecule has 0 aliphatic heterocycles. The van der Waals surface area contributed by atoms with Gasteiger partial charge in [-0.3, -0.25) is 0 Å². The maximum atomic E-state index is 2.59. The topological polar surface area (TPSA) is 3.24 Å². The Morgan fingerprint density at radius 3 is 1.46 bits per heavy atom. The monoisotopic (exact) mass is 493 g/mol. The molecule has 0 radical (unpaired) electrons. The third-order valence-corrected chi connectivity index (χ3v) is 12.3. The van der Waals surface area contributed by atoms with Gasteiger partial charge in [0.25, 0.3) is 0 Å². The van der Waals surface area contributed by atoms with Crippen molar-refractivity contribution in [1.82, 2.24) is 4.67 Å². The summed E-state index contributed by atoms with van der Waals surface area (Å²) < 4.78 is 2.59. The van der Waals surface area contributed by atoms with E-state index in [-0.39, 0.29) is 0 Å². The molecule has 4 aromatic carbocycles. The van der Waals surface area contributed by atoms with Crippen molar-refractivity contribution < 1.29 is 0 Å². The van der Waals surface area contributed by atoms with Gasteiger partial charge in [0, 0.05) is 29.0 Å². The molecule has 176 valence electrons. The zero-order valence-electron chi connectivity index (χ0n) is 20.6. The number of hydrogen-bond acceptors (Lipinski definition) is 1. The lowest BCUT2D eigenvalue weighted by Crippen LogP contribution is -2.27. The molecule has 1 aliphatic rings. The van der Waals surface area contributed by atoms with Crippen LogP contribution in [-0.4, -0.2) is 17.4 Å². The van der Waals surface area contributed by atoms with Crippen LogP contribution in [0.3, 0.4) is 0 Å². The van der Waals surface area contributed by atoms with Crippen molar-refractivity contribution in [3.8, 4) is 0 Å². The Balaban J connectivity index is 1.57. The number of rotatable bonds is 7. The van der Waals surface area contributed by atoms with Gasteiger partial charge in [0.1, 0.15) is 0 Å². The summed E-state index contributed by atoms with van der Waals surface area (Å²) in [6, 6.07) is 44.6. The fraction of sp³-hybridized carbons (Fsp3) is 0.188. The maximum Gasteiger partial charge on any atom is 0.0544 e. The van der Waals surface area contributed by atoms with Crippen LogP contribution in [0.25, 0.3) is 0 Å². The van der Waals surface area contributed by atoms with Crippen LogP contribution in [0, 0.1) is 0 Å². The van der Waals surface area contributed by atoms with Crippen molar-refractivity contribution in [2.45, 2.75) is 31.8 Å². The first-order chi connectivity index (χ1) is 17.2. The van der Waals surface area contributed by atoms with Gasteiger partial charge in [-0.25, -0.2) is 0 Å². The molecular weight excluding hydrogens is 460 g/mol. The molecule has 1 saturated carbocycles. The van der Waals surface area contributed by atoms with Crippen LogP contribution in [0.2, 0.25) is 0 Å². The molecule has 0 N–H and O–H groups in total. The third-order valence-electron chi connectivity index (χ3n) is 6.96. The smallest absolute Gasteiger partial charge is 0.0544 e. The minimum absolute atomic E-state index is 0.454. The molecule has 0 spiro atoms. The van der Waals surface area contributed by atoms with Crippen molar-refractivity contribution in [2.24, 2.45) is 0 Å². The quantitative estimate of drug-likeness (QED) is 0.253. The Kier molecular flexibility index (Phi) is 7.78. The number of benzene rings is 4. The summed E-state index contributed by atoms with van der Waals surface area (Å²) in [6.07, 6.45) is 3.75. The number of nitrogens with zero attached hydrogens (tertiary/aromatic N) is 1. The second-order valence-corrected chi connectivity index (χ2v) is 13.7. The van der Waals surface area contributed by atoms with Crippen molar-refractivity contribution in [1.29, 1.82) is 0 Å². The normalized spacial score (nSPS) is 17.1. The Labute approximate surface area is 213 Å². The van der Waals surface area contributed by atoms with Crippen molar-refractivity contribution in [3.05, 3.63) is 133 Å². The summed E-state index contributed by atoms with van der Waals surface area (Å²) in [4.78, 5) is 0. The lowest BCUT2D eigenvalue weighted by molar-refractivity contribution is 0.671. The fourth-order valence-corrected chi connectivity index (χ4v) is 10.6. The first kappa shape index (κ1) is 24.0. The largest absolute Gasteiger partial charge is 0.350 e. The number of allylic oxidation sites excluding steroid dienone is 2. The average molecular weight is 494 g/mol. The molecule has 0 heterocycles. The maximum absolute atomic E-state index is 2.59. The molecule has 0 amide bonds. The van der Waals surface area contributed by atoms with Gasteiger partial charge < -0.3 is 4.67 Å². The molecule has 0 bridgehead atoms. The van der Waals surface area contributed by atoms with E-state index in [1.165, 1.54) is 46.2 Å². The van der Waals surface area contributed by atoms with Gasteiger partial charge in [0.2, 0.25) is 0 Å². The molecule has 1 fully saturated rings. The van der Waals surface area contributed by atoms with Gasteiger partial charge in [-0.15, -0.1) is 0 Å². The van der Waals surface area contributed by atoms with Crippen molar-refractivity contribution in [3.63, 3.8) is 0 Å². The van der Waals surface area contributed by atoms with Crippen molar-refractivity contribution in [2.75, 3.05) is 7.05 Å². The van der Waals surface area contributed by atoms with E-state index in [0.29, 0.717) is 5.66 Å². The van der Waals surface area contributed by atoms with E-state index in [0.717, 1.165) is 0 Å². The summed E-state index contributed by atoms with van der Waals surface area (Å²) in [7, 11) is 1.23. The average Bonchev–Trinajstić information content (AvgIpc) is 3.40. The molecule has 0 saturated heterocycles. The molecule has 0 unspecified atom stereocenters. The van der Waals surface area contributed by atoms with Gasteiger partial charge >= 0.3 is 0 Å². The van der Waals surface area contributed by atoms with Gasteiger partial charge in [-0.1, -0.05) is 121 Å². The molecule has 1 aliphatic carbocycles. The summed E-state index contributed by atoms with van der Waals surface area (Å²) in [6.45, 7) is 2.37. The van der Waals surface area contributed by atoms with E-state index in [4.69, 9.17) is 0 Å².